The molecule has 2 aromatic rings. The molecule has 15 heavy (non-hydrogen) atoms. The van der Waals surface area contributed by atoms with E-state index in [1.54, 1.807) is 0 Å². The van der Waals surface area contributed by atoms with Gasteiger partial charge in [0, 0.05) is 18.5 Å². The normalized spacial score (nSPS) is 12.3. The zero-order valence-electron chi connectivity index (χ0n) is 9.78. The summed E-state index contributed by atoms with van der Waals surface area (Å²) in [7, 11) is 0. The van der Waals surface area contributed by atoms with Gasteiger partial charge in [-0.2, -0.15) is 5.10 Å². The summed E-state index contributed by atoms with van der Waals surface area (Å²) in [5.74, 6) is 0. The van der Waals surface area contributed by atoms with Crippen LogP contribution in [0, 0.1) is 0 Å². The number of aryl methyl sites for hydroxylation is 1. The van der Waals surface area contributed by atoms with Crippen molar-refractivity contribution in [2.24, 2.45) is 0 Å². The third-order valence-electron chi connectivity index (χ3n) is 2.59. The van der Waals surface area contributed by atoms with E-state index in [0.29, 0.717) is 0 Å². The molecule has 0 amide bonds. The van der Waals surface area contributed by atoms with E-state index < -0.39 is 0 Å². The highest BCUT2D eigenvalue weighted by atomic mass is 15.2. The summed E-state index contributed by atoms with van der Waals surface area (Å²) in [4.78, 5) is 4.42. The summed E-state index contributed by atoms with van der Waals surface area (Å²) in [6.45, 7) is 8.65. The second-order valence-corrected chi connectivity index (χ2v) is 4.88. The van der Waals surface area contributed by atoms with Gasteiger partial charge in [-0.25, -0.2) is 9.50 Å². The lowest BCUT2D eigenvalue weighted by Gasteiger charge is -2.17. The quantitative estimate of drug-likeness (QED) is 0.713. The molecule has 0 aliphatic heterocycles. The molecule has 2 rings (SSSR count). The summed E-state index contributed by atoms with van der Waals surface area (Å²) in [5.41, 5.74) is 3.36. The SMILES string of the molecule is CCc1cc2ncc(C(C)(C)C)cn2n1. The Morgan fingerprint density at radius 2 is 2.07 bits per heavy atom. The molecule has 2 heterocycles. The smallest absolute Gasteiger partial charge is 0.155 e. The lowest BCUT2D eigenvalue weighted by molar-refractivity contribution is 0.581. The number of aromatic nitrogens is 3. The molecule has 2 aromatic heterocycles. The summed E-state index contributed by atoms with van der Waals surface area (Å²) >= 11 is 0. The monoisotopic (exact) mass is 203 g/mol. The van der Waals surface area contributed by atoms with Crippen molar-refractivity contribution in [2.75, 3.05) is 0 Å². The Balaban J connectivity index is 2.55. The van der Waals surface area contributed by atoms with Crippen molar-refractivity contribution in [1.29, 1.82) is 0 Å². The molecule has 0 spiro atoms. The minimum Gasteiger partial charge on any atom is -0.237 e. The van der Waals surface area contributed by atoms with Crippen LogP contribution in [0.15, 0.2) is 18.5 Å². The highest BCUT2D eigenvalue weighted by Gasteiger charge is 2.15. The van der Waals surface area contributed by atoms with Gasteiger partial charge in [0.1, 0.15) is 0 Å². The van der Waals surface area contributed by atoms with E-state index in [-0.39, 0.29) is 5.41 Å². The van der Waals surface area contributed by atoms with Gasteiger partial charge in [0.15, 0.2) is 5.65 Å². The van der Waals surface area contributed by atoms with Crippen molar-refractivity contribution in [3.8, 4) is 0 Å². The maximum absolute atomic E-state index is 4.46. The van der Waals surface area contributed by atoms with Crippen molar-refractivity contribution in [3.05, 3.63) is 29.7 Å². The number of hydrogen-bond donors (Lipinski definition) is 0. The van der Waals surface area contributed by atoms with E-state index in [4.69, 9.17) is 0 Å². The fourth-order valence-electron chi connectivity index (χ4n) is 1.49. The molecule has 3 heteroatoms. The molecule has 0 aliphatic rings. The first-order valence-electron chi connectivity index (χ1n) is 5.35. The molecule has 0 saturated heterocycles. The maximum Gasteiger partial charge on any atom is 0.155 e. The van der Waals surface area contributed by atoms with Crippen molar-refractivity contribution in [1.82, 2.24) is 14.6 Å². The zero-order chi connectivity index (χ0) is 11.1. The maximum atomic E-state index is 4.46. The Morgan fingerprint density at radius 1 is 1.33 bits per heavy atom. The number of rotatable bonds is 1. The van der Waals surface area contributed by atoms with Crippen molar-refractivity contribution in [3.63, 3.8) is 0 Å². The Bertz CT molecular complexity index is 477. The second-order valence-electron chi connectivity index (χ2n) is 4.88. The van der Waals surface area contributed by atoms with Crippen LogP contribution in [0.25, 0.3) is 5.65 Å². The number of hydrogen-bond acceptors (Lipinski definition) is 2. The molecular weight excluding hydrogens is 186 g/mol. The van der Waals surface area contributed by atoms with Crippen LogP contribution >= 0.6 is 0 Å². The van der Waals surface area contributed by atoms with Crippen molar-refractivity contribution in [2.45, 2.75) is 39.5 Å². The number of fused-ring (bicyclic) bond motifs is 1. The Kier molecular flexibility index (Phi) is 2.25. The molecule has 0 aliphatic carbocycles. The van der Waals surface area contributed by atoms with Crippen LogP contribution in [0.1, 0.15) is 39.0 Å². The van der Waals surface area contributed by atoms with E-state index in [1.165, 1.54) is 5.56 Å². The summed E-state index contributed by atoms with van der Waals surface area (Å²) < 4.78 is 1.87. The lowest BCUT2D eigenvalue weighted by Crippen LogP contribution is -2.12. The second kappa shape index (κ2) is 3.33. The molecule has 0 fully saturated rings. The van der Waals surface area contributed by atoms with Gasteiger partial charge >= 0.3 is 0 Å². The molecule has 0 saturated carbocycles. The van der Waals surface area contributed by atoms with Gasteiger partial charge in [0.05, 0.1) is 5.69 Å². The Labute approximate surface area is 90.1 Å². The third-order valence-corrected chi connectivity index (χ3v) is 2.59. The third kappa shape index (κ3) is 1.87. The van der Waals surface area contributed by atoms with E-state index in [0.717, 1.165) is 17.8 Å². The van der Waals surface area contributed by atoms with Gasteiger partial charge < -0.3 is 0 Å². The molecule has 0 radical (unpaired) electrons. The fraction of sp³-hybridized carbons (Fsp3) is 0.500. The molecule has 80 valence electrons. The lowest BCUT2D eigenvalue weighted by atomic mass is 9.89. The van der Waals surface area contributed by atoms with Crippen LogP contribution < -0.4 is 0 Å². The van der Waals surface area contributed by atoms with Crippen LogP contribution in [0.4, 0.5) is 0 Å². The summed E-state index contributed by atoms with van der Waals surface area (Å²) in [6.07, 6.45) is 4.96. The minimum absolute atomic E-state index is 0.125. The van der Waals surface area contributed by atoms with Crippen LogP contribution in [-0.4, -0.2) is 14.6 Å². The van der Waals surface area contributed by atoms with Crippen LogP contribution in [0.2, 0.25) is 0 Å². The number of nitrogens with zero attached hydrogens (tertiary/aromatic N) is 3. The first-order valence-corrected chi connectivity index (χ1v) is 5.35. The molecule has 0 aromatic carbocycles. The average Bonchev–Trinajstić information content (AvgIpc) is 2.57. The largest absolute Gasteiger partial charge is 0.237 e. The van der Waals surface area contributed by atoms with Gasteiger partial charge in [-0.05, 0) is 17.4 Å². The van der Waals surface area contributed by atoms with Crippen molar-refractivity contribution >= 4 is 5.65 Å². The Morgan fingerprint density at radius 3 is 2.67 bits per heavy atom. The molecule has 0 atom stereocenters. The highest BCUT2D eigenvalue weighted by molar-refractivity contribution is 5.40. The van der Waals surface area contributed by atoms with Gasteiger partial charge in [0.25, 0.3) is 0 Å². The predicted molar refractivity (Wildman–Crippen MR) is 61.1 cm³/mol. The molecule has 0 unspecified atom stereocenters. The fourth-order valence-corrected chi connectivity index (χ4v) is 1.49. The standard InChI is InChI=1S/C12H17N3/c1-5-10-6-11-13-7-9(12(2,3)4)8-15(11)14-10/h6-8H,5H2,1-4H3. The average molecular weight is 203 g/mol. The van der Waals surface area contributed by atoms with Gasteiger partial charge in [-0.1, -0.05) is 27.7 Å². The predicted octanol–water partition coefficient (Wildman–Crippen LogP) is 2.59. The summed E-state index contributed by atoms with van der Waals surface area (Å²) in [5, 5.41) is 4.46. The van der Waals surface area contributed by atoms with Crippen LogP contribution in [0.5, 0.6) is 0 Å². The minimum atomic E-state index is 0.125. The van der Waals surface area contributed by atoms with E-state index in [2.05, 4.69) is 44.0 Å². The first kappa shape index (κ1) is 10.1. The van der Waals surface area contributed by atoms with E-state index in [9.17, 15) is 0 Å². The topological polar surface area (TPSA) is 30.2 Å². The van der Waals surface area contributed by atoms with Gasteiger partial charge in [0.2, 0.25) is 0 Å². The van der Waals surface area contributed by atoms with E-state index in [1.807, 2.05) is 16.8 Å². The molecular formula is C12H17N3. The summed E-state index contributed by atoms with van der Waals surface area (Å²) in [6, 6.07) is 2.03. The Hall–Kier alpha value is -1.38. The highest BCUT2D eigenvalue weighted by Crippen LogP contribution is 2.21. The molecule has 0 N–H and O–H groups in total. The van der Waals surface area contributed by atoms with Crippen LogP contribution in [0.3, 0.4) is 0 Å². The molecule has 3 nitrogen and oxygen atoms in total. The molecule has 0 bridgehead atoms. The van der Waals surface area contributed by atoms with Gasteiger partial charge in [-0.3, -0.25) is 0 Å². The van der Waals surface area contributed by atoms with Crippen LogP contribution in [-0.2, 0) is 11.8 Å². The van der Waals surface area contributed by atoms with Crippen molar-refractivity contribution < 1.29 is 0 Å². The first-order chi connectivity index (χ1) is 7.00. The zero-order valence-corrected chi connectivity index (χ0v) is 9.78. The van der Waals surface area contributed by atoms with E-state index >= 15 is 0 Å². The van der Waals surface area contributed by atoms with Gasteiger partial charge in [-0.15, -0.1) is 0 Å².